The van der Waals surface area contributed by atoms with Gasteiger partial charge in [-0.25, -0.2) is 0 Å². The fraction of sp³-hybridized carbons (Fsp3) is 0.222. The van der Waals surface area contributed by atoms with Crippen LogP contribution in [0.4, 0.5) is 5.69 Å². The van der Waals surface area contributed by atoms with Crippen molar-refractivity contribution in [3.63, 3.8) is 0 Å². The Balaban J connectivity index is 2.15. The summed E-state index contributed by atoms with van der Waals surface area (Å²) < 4.78 is 11.1. The molecule has 126 valence electrons. The molecule has 0 aliphatic rings. The molecule has 6 heteroatoms. The molecule has 0 spiro atoms. The molecular formula is C18H19N2O4-. The van der Waals surface area contributed by atoms with Crippen molar-refractivity contribution in [2.45, 2.75) is 20.0 Å². The van der Waals surface area contributed by atoms with Crippen LogP contribution in [0.2, 0.25) is 0 Å². The summed E-state index contributed by atoms with van der Waals surface area (Å²) in [6.07, 6.45) is 1.62. The molecule has 24 heavy (non-hydrogen) atoms. The zero-order valence-electron chi connectivity index (χ0n) is 13.8. The number of aromatic carboxylic acids is 1. The van der Waals surface area contributed by atoms with E-state index < -0.39 is 5.97 Å². The molecule has 2 rings (SSSR count). The number of hydrazone groups is 1. The lowest BCUT2D eigenvalue weighted by Gasteiger charge is -2.15. The van der Waals surface area contributed by atoms with Crippen LogP contribution in [-0.2, 0) is 0 Å². The molecule has 0 aliphatic heterocycles. The number of nitrogens with zero attached hydrogens (tertiary/aromatic N) is 1. The molecule has 0 saturated heterocycles. The molecule has 2 aromatic rings. The molecule has 0 aromatic heterocycles. The van der Waals surface area contributed by atoms with E-state index in [1.54, 1.807) is 25.5 Å². The van der Waals surface area contributed by atoms with E-state index in [2.05, 4.69) is 10.5 Å². The van der Waals surface area contributed by atoms with Crippen molar-refractivity contribution in [1.29, 1.82) is 0 Å². The van der Waals surface area contributed by atoms with E-state index in [0.29, 0.717) is 17.2 Å². The summed E-state index contributed by atoms with van der Waals surface area (Å²) in [7, 11) is 1.58. The fourth-order valence-electron chi connectivity index (χ4n) is 2.01. The molecule has 0 radical (unpaired) electrons. The van der Waals surface area contributed by atoms with Gasteiger partial charge in [0.15, 0.2) is 11.5 Å². The largest absolute Gasteiger partial charge is 0.545 e. The van der Waals surface area contributed by atoms with Crippen LogP contribution in [0.5, 0.6) is 11.5 Å². The Morgan fingerprint density at radius 2 is 1.92 bits per heavy atom. The topological polar surface area (TPSA) is 83.0 Å². The smallest absolute Gasteiger partial charge is 0.170 e. The standard InChI is InChI=1S/C18H20N2O4/c1-12(2)24-17-14(5-4-6-16(17)23-3)11-19-20-15-9-7-13(8-10-15)18(21)22/h4-12,20H,1-3H3,(H,21,22)/p-1/b19-11-. The van der Waals surface area contributed by atoms with Crippen molar-refractivity contribution in [2.24, 2.45) is 5.10 Å². The van der Waals surface area contributed by atoms with Gasteiger partial charge in [0, 0.05) is 5.56 Å². The Morgan fingerprint density at radius 3 is 2.50 bits per heavy atom. The number of anilines is 1. The van der Waals surface area contributed by atoms with Gasteiger partial charge in [0.2, 0.25) is 0 Å². The number of methoxy groups -OCH3 is 1. The highest BCUT2D eigenvalue weighted by Gasteiger charge is 2.10. The summed E-state index contributed by atoms with van der Waals surface area (Å²) in [4.78, 5) is 10.7. The van der Waals surface area contributed by atoms with Crippen LogP contribution >= 0.6 is 0 Å². The second-order valence-corrected chi connectivity index (χ2v) is 5.28. The molecule has 0 aliphatic carbocycles. The van der Waals surface area contributed by atoms with Gasteiger partial charge in [0.1, 0.15) is 0 Å². The number of hydrogen-bond acceptors (Lipinski definition) is 6. The van der Waals surface area contributed by atoms with E-state index in [0.717, 1.165) is 5.56 Å². The number of carboxylic acid groups (broad SMARTS) is 1. The zero-order valence-corrected chi connectivity index (χ0v) is 13.8. The predicted octanol–water partition coefficient (Wildman–Crippen LogP) is 2.29. The van der Waals surface area contributed by atoms with Crippen LogP contribution in [0.15, 0.2) is 47.6 Å². The average molecular weight is 327 g/mol. The maximum Gasteiger partial charge on any atom is 0.170 e. The second-order valence-electron chi connectivity index (χ2n) is 5.28. The Labute approximate surface area is 140 Å². The third-order valence-corrected chi connectivity index (χ3v) is 3.10. The molecule has 0 heterocycles. The van der Waals surface area contributed by atoms with Crippen LogP contribution in [0.25, 0.3) is 0 Å². The molecule has 0 unspecified atom stereocenters. The van der Waals surface area contributed by atoms with E-state index in [1.165, 1.54) is 12.1 Å². The van der Waals surface area contributed by atoms with Gasteiger partial charge in [-0.05, 0) is 43.7 Å². The summed E-state index contributed by atoms with van der Waals surface area (Å²) in [6, 6.07) is 11.7. The number of carbonyl (C=O) groups is 1. The number of rotatable bonds is 7. The predicted molar refractivity (Wildman–Crippen MR) is 90.7 cm³/mol. The first kappa shape index (κ1) is 17.3. The van der Waals surface area contributed by atoms with E-state index in [4.69, 9.17) is 9.47 Å². The normalized spacial score (nSPS) is 10.8. The van der Waals surface area contributed by atoms with Gasteiger partial charge in [0.25, 0.3) is 0 Å². The number of ether oxygens (including phenoxy) is 2. The molecule has 6 nitrogen and oxygen atoms in total. The monoisotopic (exact) mass is 327 g/mol. The van der Waals surface area contributed by atoms with Crippen LogP contribution in [0.3, 0.4) is 0 Å². The number of para-hydroxylation sites is 1. The fourth-order valence-corrected chi connectivity index (χ4v) is 2.01. The van der Waals surface area contributed by atoms with E-state index >= 15 is 0 Å². The summed E-state index contributed by atoms with van der Waals surface area (Å²) in [5.41, 5.74) is 4.38. The molecule has 0 fully saturated rings. The van der Waals surface area contributed by atoms with Crippen LogP contribution in [-0.4, -0.2) is 25.4 Å². The summed E-state index contributed by atoms with van der Waals surface area (Å²) in [5.74, 6) is 0.0377. The van der Waals surface area contributed by atoms with E-state index in [9.17, 15) is 9.90 Å². The van der Waals surface area contributed by atoms with Crippen LogP contribution < -0.4 is 20.0 Å². The third kappa shape index (κ3) is 4.49. The number of hydrogen-bond donors (Lipinski definition) is 1. The van der Waals surface area contributed by atoms with E-state index in [1.807, 2.05) is 32.0 Å². The van der Waals surface area contributed by atoms with Gasteiger partial charge in [-0.1, -0.05) is 18.2 Å². The number of benzene rings is 2. The lowest BCUT2D eigenvalue weighted by atomic mass is 10.2. The van der Waals surface area contributed by atoms with E-state index in [-0.39, 0.29) is 11.7 Å². The number of carboxylic acids is 1. The second kappa shape index (κ2) is 8.01. The molecule has 1 N–H and O–H groups in total. The van der Waals surface area contributed by atoms with Crippen molar-refractivity contribution in [2.75, 3.05) is 12.5 Å². The lowest BCUT2D eigenvalue weighted by Crippen LogP contribution is -2.21. The Morgan fingerprint density at radius 1 is 1.21 bits per heavy atom. The van der Waals surface area contributed by atoms with Gasteiger partial charge in [-0.3, -0.25) is 5.43 Å². The Hall–Kier alpha value is -3.02. The summed E-state index contributed by atoms with van der Waals surface area (Å²) >= 11 is 0. The molecular weight excluding hydrogens is 308 g/mol. The molecule has 0 atom stereocenters. The van der Waals surface area contributed by atoms with Crippen molar-refractivity contribution in [3.05, 3.63) is 53.6 Å². The maximum absolute atomic E-state index is 10.7. The first-order valence-electron chi connectivity index (χ1n) is 7.45. The van der Waals surface area contributed by atoms with Crippen molar-refractivity contribution < 1.29 is 19.4 Å². The van der Waals surface area contributed by atoms with Crippen LogP contribution in [0.1, 0.15) is 29.8 Å². The maximum atomic E-state index is 10.7. The first-order chi connectivity index (χ1) is 11.5. The highest BCUT2D eigenvalue weighted by molar-refractivity contribution is 5.87. The van der Waals surface area contributed by atoms with Gasteiger partial charge in [-0.2, -0.15) is 5.10 Å². The SMILES string of the molecule is COc1cccc(/C=N\Nc2ccc(C(=O)[O-])cc2)c1OC(C)C. The number of carbonyl (C=O) groups excluding carboxylic acids is 1. The Kier molecular flexibility index (Phi) is 5.78. The molecule has 0 amide bonds. The Bertz CT molecular complexity index is 724. The highest BCUT2D eigenvalue weighted by atomic mass is 16.5. The average Bonchev–Trinajstić information content (AvgIpc) is 2.56. The molecule has 2 aromatic carbocycles. The minimum absolute atomic E-state index is 0.00131. The highest BCUT2D eigenvalue weighted by Crippen LogP contribution is 2.31. The first-order valence-corrected chi connectivity index (χ1v) is 7.45. The third-order valence-electron chi connectivity index (χ3n) is 3.10. The van der Waals surface area contributed by atoms with Gasteiger partial charge < -0.3 is 19.4 Å². The minimum atomic E-state index is -1.21. The zero-order chi connectivity index (χ0) is 17.5. The van der Waals surface area contributed by atoms with Crippen molar-refractivity contribution in [3.8, 4) is 11.5 Å². The summed E-state index contributed by atoms with van der Waals surface area (Å²) in [6.45, 7) is 3.87. The quantitative estimate of drug-likeness (QED) is 0.623. The minimum Gasteiger partial charge on any atom is -0.545 e. The van der Waals surface area contributed by atoms with Gasteiger partial charge in [0.05, 0.1) is 31.1 Å². The van der Waals surface area contributed by atoms with Crippen LogP contribution in [0, 0.1) is 0 Å². The van der Waals surface area contributed by atoms with Gasteiger partial charge in [-0.15, -0.1) is 0 Å². The van der Waals surface area contributed by atoms with Crippen molar-refractivity contribution in [1.82, 2.24) is 0 Å². The summed E-state index contributed by atoms with van der Waals surface area (Å²) in [5, 5.41) is 14.9. The van der Waals surface area contributed by atoms with Gasteiger partial charge >= 0.3 is 0 Å². The lowest BCUT2D eigenvalue weighted by molar-refractivity contribution is -0.255. The number of nitrogens with one attached hydrogen (secondary N) is 1. The molecule has 0 bridgehead atoms. The molecule has 0 saturated carbocycles. The van der Waals surface area contributed by atoms with Crippen molar-refractivity contribution >= 4 is 17.9 Å².